The van der Waals surface area contributed by atoms with Crippen LogP contribution in [0.1, 0.15) is 34.8 Å². The molecule has 1 aliphatic rings. The van der Waals surface area contributed by atoms with Crippen LogP contribution in [0.15, 0.2) is 54.6 Å². The molecule has 1 aromatic heterocycles. The Bertz CT molecular complexity index is 1030. The molecular formula is C21H18N2O4. The second kappa shape index (κ2) is 6.72. The Labute approximate surface area is 156 Å². The molecule has 6 nitrogen and oxygen atoms in total. The molecule has 0 spiro atoms. The van der Waals surface area contributed by atoms with Gasteiger partial charge in [0.15, 0.2) is 0 Å². The number of nitrogens with zero attached hydrogens (tertiary/aromatic N) is 2. The first kappa shape index (κ1) is 17.0. The lowest BCUT2D eigenvalue weighted by Gasteiger charge is -2.24. The summed E-state index contributed by atoms with van der Waals surface area (Å²) in [5, 5.41) is 0.873. The van der Waals surface area contributed by atoms with E-state index >= 15 is 0 Å². The van der Waals surface area contributed by atoms with Crippen molar-refractivity contribution in [2.45, 2.75) is 19.7 Å². The molecule has 0 fully saturated rings. The van der Waals surface area contributed by atoms with E-state index < -0.39 is 12.2 Å². The number of fused-ring (bicyclic) bond motifs is 2. The predicted molar refractivity (Wildman–Crippen MR) is 99.1 cm³/mol. The molecule has 0 saturated heterocycles. The minimum absolute atomic E-state index is 0.203. The van der Waals surface area contributed by atoms with Crippen LogP contribution in [0.3, 0.4) is 0 Å². The minimum atomic E-state index is -0.836. The zero-order valence-electron chi connectivity index (χ0n) is 15.0. The lowest BCUT2D eigenvalue weighted by atomic mass is 10.1. The number of methoxy groups -OCH3 is 1. The van der Waals surface area contributed by atoms with Gasteiger partial charge in [0.05, 0.1) is 18.2 Å². The molecule has 0 bridgehead atoms. The van der Waals surface area contributed by atoms with Crippen molar-refractivity contribution < 1.29 is 19.1 Å². The van der Waals surface area contributed by atoms with E-state index in [0.717, 1.165) is 22.2 Å². The molecule has 0 radical (unpaired) electrons. The fourth-order valence-corrected chi connectivity index (χ4v) is 3.26. The van der Waals surface area contributed by atoms with Gasteiger partial charge in [0.2, 0.25) is 6.23 Å². The summed E-state index contributed by atoms with van der Waals surface area (Å²) in [7, 11) is 1.60. The summed E-state index contributed by atoms with van der Waals surface area (Å²) in [6.45, 7) is 1.63. The Morgan fingerprint density at radius 3 is 2.59 bits per heavy atom. The Kier molecular flexibility index (Phi) is 4.24. The van der Waals surface area contributed by atoms with Crippen molar-refractivity contribution in [3.05, 3.63) is 71.4 Å². The smallest absolute Gasteiger partial charge is 0.304 e. The monoisotopic (exact) mass is 362 g/mol. The highest BCUT2D eigenvalue weighted by Crippen LogP contribution is 2.36. The van der Waals surface area contributed by atoms with Crippen LogP contribution in [0.2, 0.25) is 0 Å². The molecule has 0 saturated carbocycles. The third kappa shape index (κ3) is 3.10. The highest BCUT2D eigenvalue weighted by molar-refractivity contribution is 6.01. The molecule has 2 aromatic carbocycles. The fourth-order valence-electron chi connectivity index (χ4n) is 3.26. The minimum Gasteiger partial charge on any atom is -0.497 e. The van der Waals surface area contributed by atoms with Gasteiger partial charge in [0.25, 0.3) is 5.91 Å². The van der Waals surface area contributed by atoms with Crippen LogP contribution in [0.25, 0.3) is 10.9 Å². The van der Waals surface area contributed by atoms with Gasteiger partial charge < -0.3 is 9.47 Å². The topological polar surface area (TPSA) is 68.7 Å². The van der Waals surface area contributed by atoms with Crippen LogP contribution < -0.4 is 4.74 Å². The highest BCUT2D eigenvalue weighted by Gasteiger charge is 2.40. The van der Waals surface area contributed by atoms with Crippen LogP contribution in [0.5, 0.6) is 5.75 Å². The number of benzene rings is 2. The lowest BCUT2D eigenvalue weighted by molar-refractivity contribution is -0.154. The summed E-state index contributed by atoms with van der Waals surface area (Å²) in [5.74, 6) is 0.0693. The molecule has 6 heteroatoms. The molecule has 2 heterocycles. The second-order valence-electron chi connectivity index (χ2n) is 6.36. The van der Waals surface area contributed by atoms with Crippen LogP contribution in [0, 0.1) is 0 Å². The fraction of sp³-hybridized carbons (Fsp3) is 0.190. The Hall–Kier alpha value is -3.41. The molecule has 1 atom stereocenters. The maximum atomic E-state index is 13.0. The number of hydrogen-bond donors (Lipinski definition) is 0. The van der Waals surface area contributed by atoms with Crippen molar-refractivity contribution in [2.75, 3.05) is 7.11 Å². The van der Waals surface area contributed by atoms with Crippen molar-refractivity contribution >= 4 is 22.8 Å². The van der Waals surface area contributed by atoms with Gasteiger partial charge >= 0.3 is 5.97 Å². The van der Waals surface area contributed by atoms with Gasteiger partial charge in [0.1, 0.15) is 11.4 Å². The van der Waals surface area contributed by atoms with Crippen LogP contribution >= 0.6 is 0 Å². The summed E-state index contributed by atoms with van der Waals surface area (Å²) in [5.41, 5.74) is 2.60. The van der Waals surface area contributed by atoms with E-state index in [2.05, 4.69) is 4.98 Å². The van der Waals surface area contributed by atoms with E-state index in [1.165, 1.54) is 11.8 Å². The van der Waals surface area contributed by atoms with Gasteiger partial charge in [-0.05, 0) is 29.8 Å². The van der Waals surface area contributed by atoms with E-state index in [1.807, 2.05) is 54.6 Å². The Morgan fingerprint density at radius 1 is 1.15 bits per heavy atom. The van der Waals surface area contributed by atoms with E-state index in [4.69, 9.17) is 9.47 Å². The summed E-state index contributed by atoms with van der Waals surface area (Å²) in [6.07, 6.45) is -0.836. The molecule has 3 aromatic rings. The molecule has 4 rings (SSSR count). The molecule has 1 unspecified atom stereocenters. The van der Waals surface area contributed by atoms with Gasteiger partial charge in [-0.25, -0.2) is 4.98 Å². The number of pyridine rings is 1. The first-order valence-corrected chi connectivity index (χ1v) is 8.57. The highest BCUT2D eigenvalue weighted by atomic mass is 16.6. The summed E-state index contributed by atoms with van der Waals surface area (Å²) < 4.78 is 10.6. The van der Waals surface area contributed by atoms with Gasteiger partial charge in [-0.1, -0.05) is 30.3 Å². The summed E-state index contributed by atoms with van der Waals surface area (Å²) in [4.78, 5) is 30.8. The zero-order valence-corrected chi connectivity index (χ0v) is 15.0. The number of esters is 1. The number of carbonyl (C=O) groups is 2. The Morgan fingerprint density at radius 2 is 1.89 bits per heavy atom. The molecule has 27 heavy (non-hydrogen) atoms. The normalized spacial score (nSPS) is 15.7. The lowest BCUT2D eigenvalue weighted by Crippen LogP contribution is -2.30. The molecule has 1 amide bonds. The third-order valence-electron chi connectivity index (χ3n) is 4.55. The number of rotatable bonds is 4. The average Bonchev–Trinajstić information content (AvgIpc) is 2.92. The van der Waals surface area contributed by atoms with E-state index in [1.54, 1.807) is 7.11 Å². The van der Waals surface area contributed by atoms with Gasteiger partial charge in [-0.3, -0.25) is 14.5 Å². The summed E-state index contributed by atoms with van der Waals surface area (Å²) >= 11 is 0. The van der Waals surface area contributed by atoms with E-state index in [-0.39, 0.29) is 5.91 Å². The maximum Gasteiger partial charge on any atom is 0.304 e. The van der Waals surface area contributed by atoms with Crippen LogP contribution in [-0.2, 0) is 16.1 Å². The zero-order chi connectivity index (χ0) is 19.0. The van der Waals surface area contributed by atoms with Crippen molar-refractivity contribution in [1.29, 1.82) is 0 Å². The Balaban J connectivity index is 1.74. The largest absolute Gasteiger partial charge is 0.497 e. The first-order valence-electron chi connectivity index (χ1n) is 8.57. The third-order valence-corrected chi connectivity index (χ3v) is 4.55. The van der Waals surface area contributed by atoms with Crippen molar-refractivity contribution in [1.82, 2.24) is 9.88 Å². The average molecular weight is 362 g/mol. The first-order chi connectivity index (χ1) is 13.1. The van der Waals surface area contributed by atoms with E-state index in [0.29, 0.717) is 17.8 Å². The predicted octanol–water partition coefficient (Wildman–Crippen LogP) is 3.46. The molecule has 0 N–H and O–H groups in total. The number of amides is 1. The van der Waals surface area contributed by atoms with Gasteiger partial charge in [-0.2, -0.15) is 0 Å². The standard InChI is InChI=1S/C21H18N2O4/c1-13(24)27-21-19-17(11-15-5-3-4-6-18(15)22-19)20(25)23(21)12-14-7-9-16(26-2)10-8-14/h3-11,21H,12H2,1-2H3. The number of carbonyl (C=O) groups excluding carboxylic acids is 2. The van der Waals surface area contributed by atoms with E-state index in [9.17, 15) is 9.59 Å². The SMILES string of the molecule is COc1ccc(CN2C(=O)c3cc4ccccc4nc3C2OC(C)=O)cc1. The number of aromatic nitrogens is 1. The maximum absolute atomic E-state index is 13.0. The molecular weight excluding hydrogens is 344 g/mol. The second-order valence-corrected chi connectivity index (χ2v) is 6.36. The quantitative estimate of drug-likeness (QED) is 0.665. The molecule has 1 aliphatic heterocycles. The van der Waals surface area contributed by atoms with Gasteiger partial charge in [-0.15, -0.1) is 0 Å². The number of para-hydroxylation sites is 1. The van der Waals surface area contributed by atoms with Crippen LogP contribution in [-0.4, -0.2) is 28.9 Å². The van der Waals surface area contributed by atoms with Crippen molar-refractivity contribution in [3.8, 4) is 5.75 Å². The summed E-state index contributed by atoms with van der Waals surface area (Å²) in [6, 6.07) is 16.8. The van der Waals surface area contributed by atoms with Gasteiger partial charge in [0, 0.05) is 18.9 Å². The van der Waals surface area contributed by atoms with Crippen molar-refractivity contribution in [2.24, 2.45) is 0 Å². The van der Waals surface area contributed by atoms with Crippen molar-refractivity contribution in [3.63, 3.8) is 0 Å². The molecule has 136 valence electrons. The molecule has 0 aliphatic carbocycles. The number of hydrogen-bond acceptors (Lipinski definition) is 5. The number of ether oxygens (including phenoxy) is 2. The van der Waals surface area contributed by atoms with Crippen LogP contribution in [0.4, 0.5) is 0 Å².